The number of nitrogens with one attached hydrogen (secondary N) is 1. The molecule has 2 N–H and O–H groups in total. The van der Waals surface area contributed by atoms with Crippen LogP contribution in [0.1, 0.15) is 68.3 Å². The van der Waals surface area contributed by atoms with Gasteiger partial charge in [0.25, 0.3) is 26.5 Å². The maximum atomic E-state index is 15.0. The number of aromatic nitrogens is 4. The van der Waals surface area contributed by atoms with Gasteiger partial charge in [-0.05, 0) is 71.9 Å². The molecule has 0 saturated heterocycles. The van der Waals surface area contributed by atoms with Crippen LogP contribution in [0.25, 0.3) is 17.0 Å². The molecule has 0 radical (unpaired) electrons. The van der Waals surface area contributed by atoms with E-state index in [1.54, 1.807) is 36.7 Å². The number of hydrogen-bond donors (Lipinski definition) is 2. The Balaban J connectivity index is 1.19. The van der Waals surface area contributed by atoms with E-state index in [1.165, 1.54) is 6.20 Å². The van der Waals surface area contributed by atoms with Gasteiger partial charge in [0.05, 0.1) is 29.5 Å². The molecule has 3 heterocycles. The van der Waals surface area contributed by atoms with E-state index in [2.05, 4.69) is 20.6 Å². The van der Waals surface area contributed by atoms with Gasteiger partial charge in [0.2, 0.25) is 0 Å². The number of ether oxygens (including phenoxy) is 1. The van der Waals surface area contributed by atoms with Crippen LogP contribution in [-0.2, 0) is 22.2 Å². The van der Waals surface area contributed by atoms with Crippen LogP contribution in [-0.4, -0.2) is 63.8 Å². The van der Waals surface area contributed by atoms with Crippen LogP contribution in [0.15, 0.2) is 108 Å². The third-order valence-electron chi connectivity index (χ3n) is 9.56. The van der Waals surface area contributed by atoms with Gasteiger partial charge in [-0.15, -0.1) is 0 Å². The number of rotatable bonds is 15. The van der Waals surface area contributed by atoms with E-state index < -0.39 is 31.5 Å². The molecule has 1 amide bonds. The molecule has 0 saturated carbocycles. The van der Waals surface area contributed by atoms with Crippen molar-refractivity contribution >= 4 is 35.8 Å². The van der Waals surface area contributed by atoms with Gasteiger partial charge in [-0.25, -0.2) is 13.3 Å². The largest absolute Gasteiger partial charge is 0.398 e. The van der Waals surface area contributed by atoms with Crippen LogP contribution in [0.2, 0.25) is 5.04 Å². The average molecular weight is 768 g/mol. The van der Waals surface area contributed by atoms with Crippen LogP contribution in [0.5, 0.6) is 0 Å². The highest BCUT2D eigenvalue weighted by atomic mass is 28.4. The first kappa shape index (κ1) is 39.6. The van der Waals surface area contributed by atoms with Crippen LogP contribution >= 0.6 is 0 Å². The van der Waals surface area contributed by atoms with Crippen LogP contribution in [0.3, 0.4) is 0 Å². The second kappa shape index (κ2) is 16.3. The summed E-state index contributed by atoms with van der Waals surface area (Å²) in [5, 5.41) is 22.6. The first-order valence-electron chi connectivity index (χ1n) is 18.2. The lowest BCUT2D eigenvalue weighted by molar-refractivity contribution is 0.00505. The van der Waals surface area contributed by atoms with Gasteiger partial charge in [0, 0.05) is 30.5 Å². The number of halogens is 2. The van der Waals surface area contributed by atoms with Crippen molar-refractivity contribution in [3.8, 4) is 11.5 Å². The van der Waals surface area contributed by atoms with E-state index in [1.807, 2.05) is 107 Å². The minimum Gasteiger partial charge on any atom is -0.398 e. The van der Waals surface area contributed by atoms with Gasteiger partial charge in [0.1, 0.15) is 6.10 Å². The quantitative estimate of drug-likeness (QED) is 0.0821. The fraction of sp³-hybridized carbons (Fsp3) is 0.333. The molecule has 0 spiro atoms. The van der Waals surface area contributed by atoms with Crippen molar-refractivity contribution < 1.29 is 32.4 Å². The summed E-state index contributed by atoms with van der Waals surface area (Å²) in [5.41, 5.74) is 2.86. The van der Waals surface area contributed by atoms with E-state index in [9.17, 15) is 18.7 Å². The molecule has 13 heteroatoms. The van der Waals surface area contributed by atoms with Gasteiger partial charge in [0.15, 0.2) is 5.82 Å². The fourth-order valence-corrected chi connectivity index (χ4v) is 11.3. The minimum absolute atomic E-state index is 0.0813. The van der Waals surface area contributed by atoms with Crippen molar-refractivity contribution in [1.82, 2.24) is 19.8 Å². The molecule has 6 aromatic rings. The number of fused-ring (bicyclic) bond motifs is 1. The minimum atomic E-state index is -3.30. The highest BCUT2D eigenvalue weighted by Gasteiger charge is 2.52. The van der Waals surface area contributed by atoms with Crippen LogP contribution in [0.4, 0.5) is 14.5 Å². The highest BCUT2D eigenvalue weighted by molar-refractivity contribution is 6.99. The first-order chi connectivity index (χ1) is 26.1. The number of nitrogens with zero attached hydrogens (tertiary/aromatic N) is 4. The zero-order valence-corrected chi connectivity index (χ0v) is 32.9. The predicted octanol–water partition coefficient (Wildman–Crippen LogP) is 7.38. The van der Waals surface area contributed by atoms with Crippen LogP contribution in [0, 0.1) is 6.92 Å². The molecule has 0 bridgehead atoms. The van der Waals surface area contributed by atoms with Crippen molar-refractivity contribution in [1.29, 1.82) is 0 Å². The summed E-state index contributed by atoms with van der Waals surface area (Å²) < 4.78 is 49.6. The Labute approximate surface area is 320 Å². The van der Waals surface area contributed by atoms with Gasteiger partial charge in [-0.2, -0.15) is 10.1 Å². The number of anilines is 1. The number of carbonyl (C=O) groups is 1. The number of pyridine rings is 1. The molecule has 0 aliphatic heterocycles. The Morgan fingerprint density at radius 3 is 2.25 bits per heavy atom. The number of hydrogen-bond acceptors (Lipinski definition) is 8. The molecule has 1 atom stereocenters. The molecular weight excluding hydrogens is 721 g/mol. The average Bonchev–Trinajstić information content (AvgIpc) is 3.80. The number of amides is 1. The lowest BCUT2D eigenvalue weighted by Crippen LogP contribution is -2.68. The van der Waals surface area contributed by atoms with Crippen molar-refractivity contribution in [3.63, 3.8) is 0 Å². The molecule has 3 aromatic heterocycles. The van der Waals surface area contributed by atoms with Crippen molar-refractivity contribution in [2.24, 2.45) is 0 Å². The summed E-state index contributed by atoms with van der Waals surface area (Å²) in [6, 6.07) is 28.2. The van der Waals surface area contributed by atoms with Gasteiger partial charge in [-0.1, -0.05) is 98.7 Å². The Morgan fingerprint density at radius 1 is 0.964 bits per heavy atom. The van der Waals surface area contributed by atoms with Crippen LogP contribution < -0.4 is 15.7 Å². The molecule has 3 aromatic carbocycles. The Bertz CT molecular complexity index is 2180. The Hall–Kier alpha value is -5.08. The third kappa shape index (κ3) is 9.08. The summed E-state index contributed by atoms with van der Waals surface area (Å²) in [7, 11) is -3.30. The van der Waals surface area contributed by atoms with E-state index in [4.69, 9.17) is 13.7 Å². The van der Waals surface area contributed by atoms with Crippen molar-refractivity contribution in [3.05, 3.63) is 126 Å². The molecule has 0 aliphatic carbocycles. The molecule has 55 heavy (non-hydrogen) atoms. The standard InChI is InChI=1S/C42H47F2N5O5Si/c1-28-17-19-30(23-34(28)46-39(50)33-25-45-49-26-29(18-20-35(33)49)27-52-22-21-42(5,6)51)40-47-37(48-53-40)24-36(38(43)44)54-55(41(2,3)4,31-13-9-7-10-14-31)32-15-11-8-12-16-32/h7-20,23,25-26,36,38,51H,21-22,24,27H2,1-6H3,(H,46,50). The summed E-state index contributed by atoms with van der Waals surface area (Å²) in [4.78, 5) is 18.0. The van der Waals surface area contributed by atoms with Gasteiger partial charge < -0.3 is 24.1 Å². The van der Waals surface area contributed by atoms with Crippen molar-refractivity contribution in [2.75, 3.05) is 11.9 Å². The zero-order chi connectivity index (χ0) is 39.4. The number of aliphatic hydroxyl groups is 1. The number of carbonyl (C=O) groups excluding carboxylic acids is 1. The lowest BCUT2D eigenvalue weighted by atomic mass is 10.1. The van der Waals surface area contributed by atoms with E-state index in [0.717, 1.165) is 21.5 Å². The third-order valence-corrected chi connectivity index (χ3v) is 14.6. The van der Waals surface area contributed by atoms with Gasteiger partial charge in [-0.3, -0.25) is 4.79 Å². The Kier molecular flexibility index (Phi) is 11.8. The number of alkyl halides is 2. The molecular formula is C42H47F2N5O5Si. The molecule has 10 nitrogen and oxygen atoms in total. The smallest absolute Gasteiger partial charge is 0.263 e. The maximum Gasteiger partial charge on any atom is 0.263 e. The lowest BCUT2D eigenvalue weighted by Gasteiger charge is -2.45. The monoisotopic (exact) mass is 767 g/mol. The molecule has 1 unspecified atom stereocenters. The zero-order valence-electron chi connectivity index (χ0n) is 31.9. The summed E-state index contributed by atoms with van der Waals surface area (Å²) in [5.74, 6) is -0.161. The Morgan fingerprint density at radius 2 is 1.64 bits per heavy atom. The summed E-state index contributed by atoms with van der Waals surface area (Å²) >= 11 is 0. The second-order valence-corrected chi connectivity index (χ2v) is 19.7. The first-order valence-corrected chi connectivity index (χ1v) is 20.1. The predicted molar refractivity (Wildman–Crippen MR) is 210 cm³/mol. The molecule has 0 fully saturated rings. The SMILES string of the molecule is Cc1ccc(-c2nc(CC(O[Si](c3ccccc3)(c3ccccc3)C(C)(C)C)C(F)F)no2)cc1NC(=O)c1cnn2cc(COCCC(C)(C)O)ccc12. The topological polar surface area (TPSA) is 124 Å². The summed E-state index contributed by atoms with van der Waals surface area (Å²) in [6.07, 6.45) is -0.806. The maximum absolute atomic E-state index is 15.0. The van der Waals surface area contributed by atoms with Gasteiger partial charge >= 0.3 is 0 Å². The highest BCUT2D eigenvalue weighted by Crippen LogP contribution is 2.38. The van der Waals surface area contributed by atoms with E-state index in [0.29, 0.717) is 42.0 Å². The second-order valence-electron chi connectivity index (χ2n) is 15.4. The van der Waals surface area contributed by atoms with Crippen molar-refractivity contribution in [2.45, 2.75) is 84.2 Å². The molecule has 288 valence electrons. The van der Waals surface area contributed by atoms with E-state index >= 15 is 0 Å². The number of benzene rings is 3. The fourth-order valence-electron chi connectivity index (χ4n) is 6.61. The van der Waals surface area contributed by atoms with E-state index in [-0.39, 0.29) is 24.0 Å². The number of aryl methyl sites for hydroxylation is 1. The normalized spacial score (nSPS) is 13.1. The summed E-state index contributed by atoms with van der Waals surface area (Å²) in [6.45, 7) is 12.2. The molecule has 0 aliphatic rings. The molecule has 6 rings (SSSR count).